The summed E-state index contributed by atoms with van der Waals surface area (Å²) in [6, 6.07) is 8.76. The first-order valence-corrected chi connectivity index (χ1v) is 7.59. The molecule has 0 saturated carbocycles. The van der Waals surface area contributed by atoms with Gasteiger partial charge in [0.1, 0.15) is 5.75 Å². The van der Waals surface area contributed by atoms with Crippen LogP contribution in [0.5, 0.6) is 5.75 Å². The summed E-state index contributed by atoms with van der Waals surface area (Å²) in [7, 11) is 0. The van der Waals surface area contributed by atoms with Crippen LogP contribution in [0.15, 0.2) is 24.3 Å². The molecule has 0 bridgehead atoms. The summed E-state index contributed by atoms with van der Waals surface area (Å²) in [5, 5.41) is 3.64. The molecular formula is C17H29NO. The maximum atomic E-state index is 5.86. The molecule has 1 aromatic rings. The second kappa shape index (κ2) is 8.08. The van der Waals surface area contributed by atoms with Crippen LogP contribution < -0.4 is 10.1 Å². The second-order valence-electron chi connectivity index (χ2n) is 5.66. The third-order valence-corrected chi connectivity index (χ3v) is 3.49. The lowest BCUT2D eigenvalue weighted by Crippen LogP contribution is -2.22. The molecule has 108 valence electrons. The fraction of sp³-hybridized carbons (Fsp3) is 0.647. The Kier molecular flexibility index (Phi) is 6.75. The van der Waals surface area contributed by atoms with Gasteiger partial charge in [-0.05, 0) is 44.7 Å². The lowest BCUT2D eigenvalue weighted by Gasteiger charge is -2.23. The summed E-state index contributed by atoms with van der Waals surface area (Å²) < 4.78 is 5.86. The first-order chi connectivity index (χ1) is 9.06. The maximum Gasteiger partial charge on any atom is 0.142 e. The Morgan fingerprint density at radius 1 is 1.05 bits per heavy atom. The van der Waals surface area contributed by atoms with E-state index in [-0.39, 0.29) is 6.10 Å². The molecule has 0 fully saturated rings. The summed E-state index contributed by atoms with van der Waals surface area (Å²) in [6.45, 7) is 10.9. The van der Waals surface area contributed by atoms with E-state index in [4.69, 9.17) is 4.74 Å². The summed E-state index contributed by atoms with van der Waals surface area (Å²) in [5.41, 5.74) is 1.12. The van der Waals surface area contributed by atoms with Crippen LogP contribution in [0, 0.1) is 5.92 Å². The predicted molar refractivity (Wildman–Crippen MR) is 84.0 cm³/mol. The van der Waals surface area contributed by atoms with Gasteiger partial charge >= 0.3 is 0 Å². The van der Waals surface area contributed by atoms with Crippen molar-refractivity contribution in [2.45, 2.75) is 66.0 Å². The van der Waals surface area contributed by atoms with Gasteiger partial charge in [0.25, 0.3) is 0 Å². The van der Waals surface area contributed by atoms with Crippen LogP contribution in [0.2, 0.25) is 0 Å². The van der Waals surface area contributed by atoms with E-state index in [0.717, 1.165) is 23.8 Å². The third kappa shape index (κ3) is 5.54. The zero-order chi connectivity index (χ0) is 14.3. The number of benzene rings is 1. The van der Waals surface area contributed by atoms with Gasteiger partial charge in [-0.15, -0.1) is 0 Å². The molecule has 0 aromatic heterocycles. The van der Waals surface area contributed by atoms with Gasteiger partial charge in [0, 0.05) is 6.04 Å². The number of rotatable bonds is 8. The highest BCUT2D eigenvalue weighted by Crippen LogP contribution is 2.27. The fourth-order valence-corrected chi connectivity index (χ4v) is 2.14. The molecular weight excluding hydrogens is 234 g/mol. The highest BCUT2D eigenvalue weighted by Gasteiger charge is 2.13. The molecule has 0 radical (unpaired) electrons. The van der Waals surface area contributed by atoms with Crippen molar-refractivity contribution < 1.29 is 4.74 Å². The Bertz CT molecular complexity index is 362. The van der Waals surface area contributed by atoms with E-state index in [0.29, 0.717) is 6.04 Å². The molecule has 1 aromatic carbocycles. The van der Waals surface area contributed by atoms with Crippen LogP contribution in [0.3, 0.4) is 0 Å². The van der Waals surface area contributed by atoms with Crippen molar-refractivity contribution in [3.63, 3.8) is 0 Å². The Labute approximate surface area is 118 Å². The van der Waals surface area contributed by atoms with E-state index in [9.17, 15) is 0 Å². The first-order valence-electron chi connectivity index (χ1n) is 7.59. The molecule has 2 heteroatoms. The van der Waals surface area contributed by atoms with E-state index in [2.05, 4.69) is 52.1 Å². The molecule has 2 nitrogen and oxygen atoms in total. The van der Waals surface area contributed by atoms with Crippen molar-refractivity contribution in [1.29, 1.82) is 0 Å². The number of hydrogen-bond acceptors (Lipinski definition) is 2. The summed E-state index contributed by atoms with van der Waals surface area (Å²) in [6.07, 6.45) is 3.80. The average molecular weight is 263 g/mol. The molecule has 1 rings (SSSR count). The van der Waals surface area contributed by atoms with Gasteiger partial charge in [-0.2, -0.15) is 0 Å². The van der Waals surface area contributed by atoms with Gasteiger partial charge in [-0.25, -0.2) is 0 Å². The van der Waals surface area contributed by atoms with Crippen LogP contribution in [0.1, 0.15) is 53.9 Å². The molecule has 1 N–H and O–H groups in total. The Morgan fingerprint density at radius 2 is 1.74 bits per heavy atom. The summed E-state index contributed by atoms with van der Waals surface area (Å²) >= 11 is 0. The van der Waals surface area contributed by atoms with Crippen molar-refractivity contribution in [3.05, 3.63) is 24.3 Å². The van der Waals surface area contributed by atoms with Crippen LogP contribution in [0.4, 0.5) is 5.69 Å². The van der Waals surface area contributed by atoms with E-state index in [1.54, 1.807) is 0 Å². The molecule has 0 aliphatic carbocycles. The minimum Gasteiger partial charge on any atom is -0.489 e. The zero-order valence-electron chi connectivity index (χ0n) is 13.1. The largest absolute Gasteiger partial charge is 0.489 e. The van der Waals surface area contributed by atoms with Gasteiger partial charge in [0.15, 0.2) is 0 Å². The van der Waals surface area contributed by atoms with Gasteiger partial charge in [-0.3, -0.25) is 0 Å². The molecule has 0 aliphatic heterocycles. The van der Waals surface area contributed by atoms with Crippen molar-refractivity contribution in [1.82, 2.24) is 0 Å². The number of hydrogen-bond donors (Lipinski definition) is 1. The van der Waals surface area contributed by atoms with Crippen molar-refractivity contribution in [2.24, 2.45) is 5.92 Å². The number of para-hydroxylation sites is 2. The highest BCUT2D eigenvalue weighted by atomic mass is 16.5. The molecule has 19 heavy (non-hydrogen) atoms. The highest BCUT2D eigenvalue weighted by molar-refractivity contribution is 5.56. The fourth-order valence-electron chi connectivity index (χ4n) is 2.14. The minimum absolute atomic E-state index is 0.206. The first kappa shape index (κ1) is 15.9. The topological polar surface area (TPSA) is 21.3 Å². The Balaban J connectivity index is 2.73. The van der Waals surface area contributed by atoms with Crippen LogP contribution >= 0.6 is 0 Å². The van der Waals surface area contributed by atoms with E-state index in [1.807, 2.05) is 12.1 Å². The molecule has 0 amide bonds. The zero-order valence-corrected chi connectivity index (χ0v) is 13.1. The predicted octanol–water partition coefficient (Wildman–Crippen LogP) is 5.10. The molecule has 0 saturated heterocycles. The van der Waals surface area contributed by atoms with Gasteiger partial charge in [0.05, 0.1) is 11.8 Å². The SMILES string of the molecule is CCC(C)CC(CC)Nc1ccccc1OC(C)C. The van der Waals surface area contributed by atoms with Gasteiger partial charge in [-0.1, -0.05) is 39.3 Å². The average Bonchev–Trinajstić information content (AvgIpc) is 2.39. The maximum absolute atomic E-state index is 5.86. The van der Waals surface area contributed by atoms with Crippen molar-refractivity contribution in [2.75, 3.05) is 5.32 Å². The third-order valence-electron chi connectivity index (χ3n) is 3.49. The monoisotopic (exact) mass is 263 g/mol. The Morgan fingerprint density at radius 3 is 2.32 bits per heavy atom. The van der Waals surface area contributed by atoms with Gasteiger partial charge < -0.3 is 10.1 Å². The normalized spacial score (nSPS) is 14.2. The van der Waals surface area contributed by atoms with Crippen molar-refractivity contribution >= 4 is 5.69 Å². The minimum atomic E-state index is 0.206. The van der Waals surface area contributed by atoms with Crippen LogP contribution in [-0.2, 0) is 0 Å². The van der Waals surface area contributed by atoms with E-state index >= 15 is 0 Å². The molecule has 0 aliphatic rings. The molecule has 0 heterocycles. The van der Waals surface area contributed by atoms with E-state index < -0.39 is 0 Å². The standard InChI is InChI=1S/C17H29NO/c1-6-14(5)12-15(7-2)18-16-10-8-9-11-17(16)19-13(3)4/h8-11,13-15,18H,6-7,12H2,1-5H3. The van der Waals surface area contributed by atoms with E-state index in [1.165, 1.54) is 12.8 Å². The number of anilines is 1. The number of nitrogens with one attached hydrogen (secondary N) is 1. The quantitative estimate of drug-likeness (QED) is 0.704. The Hall–Kier alpha value is -1.18. The van der Waals surface area contributed by atoms with Crippen LogP contribution in [0.25, 0.3) is 0 Å². The lowest BCUT2D eigenvalue weighted by molar-refractivity contribution is 0.243. The van der Waals surface area contributed by atoms with Gasteiger partial charge in [0.2, 0.25) is 0 Å². The number of ether oxygens (including phenoxy) is 1. The van der Waals surface area contributed by atoms with Crippen molar-refractivity contribution in [3.8, 4) is 5.75 Å². The molecule has 2 unspecified atom stereocenters. The molecule has 0 spiro atoms. The molecule has 2 atom stereocenters. The smallest absolute Gasteiger partial charge is 0.142 e. The lowest BCUT2D eigenvalue weighted by atomic mass is 9.97. The van der Waals surface area contributed by atoms with Crippen LogP contribution in [-0.4, -0.2) is 12.1 Å². The summed E-state index contributed by atoms with van der Waals surface area (Å²) in [4.78, 5) is 0. The second-order valence-corrected chi connectivity index (χ2v) is 5.66. The summed E-state index contributed by atoms with van der Waals surface area (Å²) in [5.74, 6) is 1.72.